The van der Waals surface area contributed by atoms with Gasteiger partial charge in [-0.15, -0.1) is 10.2 Å². The summed E-state index contributed by atoms with van der Waals surface area (Å²) in [5.74, 6) is -0.956. The highest BCUT2D eigenvalue weighted by atomic mass is 32.2. The summed E-state index contributed by atoms with van der Waals surface area (Å²) in [6, 6.07) is 4.56. The summed E-state index contributed by atoms with van der Waals surface area (Å²) in [5, 5.41) is 9.57. The number of benzene rings is 1. The number of nitrogens with one attached hydrogen (secondary N) is 2. The van der Waals surface area contributed by atoms with Crippen LogP contribution < -0.4 is 10.0 Å². The van der Waals surface area contributed by atoms with Crippen LogP contribution in [0.3, 0.4) is 0 Å². The fourth-order valence-corrected chi connectivity index (χ4v) is 3.86. The second kappa shape index (κ2) is 6.93. The van der Waals surface area contributed by atoms with E-state index in [0.29, 0.717) is 16.9 Å². The van der Waals surface area contributed by atoms with Crippen LogP contribution in [0.2, 0.25) is 0 Å². The van der Waals surface area contributed by atoms with Gasteiger partial charge in [0.15, 0.2) is 0 Å². The number of sulfonamides is 1. The van der Waals surface area contributed by atoms with Gasteiger partial charge >= 0.3 is 5.97 Å². The number of carbonyl (C=O) groups is 2. The highest BCUT2D eigenvalue weighted by molar-refractivity contribution is 7.94. The quantitative estimate of drug-likeness (QED) is 0.601. The lowest BCUT2D eigenvalue weighted by atomic mass is 10.1. The van der Waals surface area contributed by atoms with Gasteiger partial charge in [0.2, 0.25) is 11.0 Å². The second-order valence-electron chi connectivity index (χ2n) is 4.63. The van der Waals surface area contributed by atoms with Gasteiger partial charge in [-0.1, -0.05) is 17.4 Å². The highest BCUT2D eigenvalue weighted by Gasteiger charge is 2.22. The van der Waals surface area contributed by atoms with E-state index in [4.69, 9.17) is 0 Å². The van der Waals surface area contributed by atoms with Crippen molar-refractivity contribution >= 4 is 44.1 Å². The molecule has 0 aliphatic carbocycles. The zero-order valence-electron chi connectivity index (χ0n) is 13.0. The number of ether oxygens (including phenoxy) is 1. The minimum atomic E-state index is -4.01. The molecule has 2 rings (SSSR count). The predicted molar refractivity (Wildman–Crippen MR) is 87.5 cm³/mol. The lowest BCUT2D eigenvalue weighted by Gasteiger charge is -2.11. The monoisotopic (exact) mass is 370 g/mol. The van der Waals surface area contributed by atoms with Gasteiger partial charge in [-0.25, -0.2) is 4.79 Å². The standard InChI is InChI=1S/C13H14N4O5S2/c1-7-9(11(19)22-3)5-4-6-10(7)17-24(20,21)13-16-15-12(23-13)14-8(2)18/h4-6,17H,1-3H3,(H,14,15,18). The first-order valence-electron chi connectivity index (χ1n) is 6.56. The van der Waals surface area contributed by atoms with Gasteiger partial charge < -0.3 is 10.1 Å². The number of rotatable bonds is 5. The van der Waals surface area contributed by atoms with Crippen molar-refractivity contribution in [3.05, 3.63) is 29.3 Å². The molecule has 24 heavy (non-hydrogen) atoms. The molecule has 1 aromatic carbocycles. The minimum Gasteiger partial charge on any atom is -0.465 e. The van der Waals surface area contributed by atoms with E-state index in [2.05, 4.69) is 25.0 Å². The lowest BCUT2D eigenvalue weighted by Crippen LogP contribution is -2.15. The summed E-state index contributed by atoms with van der Waals surface area (Å²) in [6.45, 7) is 2.86. The SMILES string of the molecule is COC(=O)c1cccc(NS(=O)(=O)c2nnc(NC(C)=O)s2)c1C. The Hall–Kier alpha value is -2.53. The smallest absolute Gasteiger partial charge is 0.338 e. The minimum absolute atomic E-state index is 0.0721. The molecule has 0 radical (unpaired) electrons. The molecule has 2 aromatic rings. The largest absolute Gasteiger partial charge is 0.465 e. The van der Waals surface area contributed by atoms with Crippen LogP contribution in [0.5, 0.6) is 0 Å². The van der Waals surface area contributed by atoms with Crippen molar-refractivity contribution in [3.63, 3.8) is 0 Å². The number of anilines is 2. The van der Waals surface area contributed by atoms with Crippen LogP contribution >= 0.6 is 11.3 Å². The van der Waals surface area contributed by atoms with Crippen LogP contribution in [0.4, 0.5) is 10.8 Å². The Labute approximate surface area is 142 Å². The van der Waals surface area contributed by atoms with Crippen LogP contribution in [-0.4, -0.2) is 37.6 Å². The molecular formula is C13H14N4O5S2. The first-order chi connectivity index (χ1) is 11.2. The van der Waals surface area contributed by atoms with Crippen LogP contribution in [0, 0.1) is 6.92 Å². The van der Waals surface area contributed by atoms with E-state index in [1.807, 2.05) is 0 Å². The van der Waals surface area contributed by atoms with Crippen molar-refractivity contribution in [2.45, 2.75) is 18.2 Å². The van der Waals surface area contributed by atoms with E-state index < -0.39 is 16.0 Å². The lowest BCUT2D eigenvalue weighted by molar-refractivity contribution is -0.114. The average molecular weight is 370 g/mol. The number of aromatic nitrogens is 2. The molecule has 1 amide bonds. The summed E-state index contributed by atoms with van der Waals surface area (Å²) in [6.07, 6.45) is 0. The Morgan fingerprint density at radius 3 is 2.58 bits per heavy atom. The molecule has 2 N–H and O–H groups in total. The molecule has 1 aromatic heterocycles. The van der Waals surface area contributed by atoms with Crippen molar-refractivity contribution in [1.82, 2.24) is 10.2 Å². The molecule has 0 aliphatic rings. The third kappa shape index (κ3) is 3.86. The maximum Gasteiger partial charge on any atom is 0.338 e. The summed E-state index contributed by atoms with van der Waals surface area (Å²) >= 11 is 0.712. The summed E-state index contributed by atoms with van der Waals surface area (Å²) < 4.78 is 31.4. The molecule has 0 atom stereocenters. The highest BCUT2D eigenvalue weighted by Crippen LogP contribution is 2.25. The molecule has 9 nitrogen and oxygen atoms in total. The van der Waals surface area contributed by atoms with Crippen LogP contribution in [-0.2, 0) is 19.6 Å². The molecular weight excluding hydrogens is 356 g/mol. The predicted octanol–water partition coefficient (Wildman–Crippen LogP) is 1.39. The Bertz CT molecular complexity index is 892. The van der Waals surface area contributed by atoms with Gasteiger partial charge in [-0.05, 0) is 24.6 Å². The summed E-state index contributed by atoms with van der Waals surface area (Å²) in [7, 11) is -2.77. The number of amides is 1. The molecule has 0 saturated heterocycles. The van der Waals surface area contributed by atoms with Crippen LogP contribution in [0.25, 0.3) is 0 Å². The molecule has 0 fully saturated rings. The number of carbonyl (C=O) groups excluding carboxylic acids is 2. The number of methoxy groups -OCH3 is 1. The molecule has 0 aliphatic heterocycles. The van der Waals surface area contributed by atoms with E-state index in [1.165, 1.54) is 32.2 Å². The second-order valence-corrected chi connectivity index (χ2v) is 7.46. The molecule has 11 heteroatoms. The van der Waals surface area contributed by atoms with Crippen LogP contribution in [0.15, 0.2) is 22.5 Å². The summed E-state index contributed by atoms with van der Waals surface area (Å²) in [4.78, 5) is 22.6. The van der Waals surface area contributed by atoms with Crippen molar-refractivity contribution < 1.29 is 22.7 Å². The van der Waals surface area contributed by atoms with E-state index >= 15 is 0 Å². The van der Waals surface area contributed by atoms with Gasteiger partial charge in [0, 0.05) is 6.92 Å². The number of hydrogen-bond donors (Lipinski definition) is 2. The van der Waals surface area contributed by atoms with Crippen molar-refractivity contribution in [1.29, 1.82) is 0 Å². The first-order valence-corrected chi connectivity index (χ1v) is 8.86. The Morgan fingerprint density at radius 1 is 1.25 bits per heavy atom. The fourth-order valence-electron chi connectivity index (χ4n) is 1.79. The third-order valence-electron chi connectivity index (χ3n) is 2.90. The van der Waals surface area contributed by atoms with Gasteiger partial charge in [-0.3, -0.25) is 9.52 Å². The first kappa shape index (κ1) is 17.8. The molecule has 0 saturated carbocycles. The van der Waals surface area contributed by atoms with E-state index in [0.717, 1.165) is 0 Å². The van der Waals surface area contributed by atoms with Gasteiger partial charge in [-0.2, -0.15) is 8.42 Å². The Morgan fingerprint density at radius 2 is 1.96 bits per heavy atom. The average Bonchev–Trinajstić information content (AvgIpc) is 2.97. The van der Waals surface area contributed by atoms with Crippen molar-refractivity contribution in [3.8, 4) is 0 Å². The summed E-state index contributed by atoms with van der Waals surface area (Å²) in [5.41, 5.74) is 0.877. The topological polar surface area (TPSA) is 127 Å². The third-order valence-corrected chi connectivity index (χ3v) is 5.47. The molecule has 0 spiro atoms. The Balaban J connectivity index is 2.31. The zero-order chi connectivity index (χ0) is 17.9. The fraction of sp³-hybridized carbons (Fsp3) is 0.231. The molecule has 0 bridgehead atoms. The Kier molecular flexibility index (Phi) is 5.14. The van der Waals surface area contributed by atoms with Crippen LogP contribution in [0.1, 0.15) is 22.8 Å². The van der Waals surface area contributed by atoms with Crippen molar-refractivity contribution in [2.75, 3.05) is 17.1 Å². The van der Waals surface area contributed by atoms with Gasteiger partial charge in [0.1, 0.15) is 0 Å². The normalized spacial score (nSPS) is 11.0. The van der Waals surface area contributed by atoms with Gasteiger partial charge in [0.05, 0.1) is 18.4 Å². The number of hydrogen-bond acceptors (Lipinski definition) is 8. The maximum atomic E-state index is 12.4. The zero-order valence-corrected chi connectivity index (χ0v) is 14.6. The molecule has 128 valence electrons. The van der Waals surface area contributed by atoms with Gasteiger partial charge in [0.25, 0.3) is 14.4 Å². The number of esters is 1. The molecule has 1 heterocycles. The number of nitrogens with zero attached hydrogens (tertiary/aromatic N) is 2. The maximum absolute atomic E-state index is 12.4. The van der Waals surface area contributed by atoms with E-state index in [-0.39, 0.29) is 26.6 Å². The van der Waals surface area contributed by atoms with E-state index in [1.54, 1.807) is 6.92 Å². The van der Waals surface area contributed by atoms with E-state index in [9.17, 15) is 18.0 Å². The molecule has 0 unspecified atom stereocenters. The van der Waals surface area contributed by atoms with Crippen molar-refractivity contribution in [2.24, 2.45) is 0 Å².